The summed E-state index contributed by atoms with van der Waals surface area (Å²) in [6.07, 6.45) is 0. The van der Waals surface area contributed by atoms with Crippen molar-refractivity contribution in [1.82, 2.24) is 10.2 Å². The smallest absolute Gasteiger partial charge is 0.243 e. The van der Waals surface area contributed by atoms with Crippen LogP contribution < -0.4 is 20.1 Å². The second-order valence-corrected chi connectivity index (χ2v) is 7.75. The van der Waals surface area contributed by atoms with Gasteiger partial charge in [-0.3, -0.25) is 14.5 Å². The summed E-state index contributed by atoms with van der Waals surface area (Å²) in [4.78, 5) is 26.4. The Morgan fingerprint density at radius 3 is 2.41 bits per heavy atom. The van der Waals surface area contributed by atoms with Crippen molar-refractivity contribution in [2.45, 2.75) is 13.5 Å². The van der Waals surface area contributed by atoms with E-state index in [-0.39, 0.29) is 24.9 Å². The lowest BCUT2D eigenvalue weighted by Gasteiger charge is -2.17. The van der Waals surface area contributed by atoms with E-state index in [1.165, 1.54) is 0 Å². The summed E-state index contributed by atoms with van der Waals surface area (Å²) >= 11 is 0. The van der Waals surface area contributed by atoms with E-state index in [4.69, 9.17) is 9.47 Å². The summed E-state index contributed by atoms with van der Waals surface area (Å²) in [5.41, 5.74) is 2.68. The fourth-order valence-corrected chi connectivity index (χ4v) is 3.46. The average Bonchev–Trinajstić information content (AvgIpc) is 2.77. The summed E-state index contributed by atoms with van der Waals surface area (Å²) in [5.74, 6) is 0.868. The zero-order valence-corrected chi connectivity index (χ0v) is 18.9. The summed E-state index contributed by atoms with van der Waals surface area (Å²) in [7, 11) is 5.07. The normalized spacial score (nSPS) is 10.8. The molecule has 7 heteroatoms. The predicted octanol–water partition coefficient (Wildman–Crippen LogP) is 3.35. The van der Waals surface area contributed by atoms with E-state index >= 15 is 0 Å². The molecule has 168 valence electrons. The molecular formula is C25H29N3O4. The molecule has 32 heavy (non-hydrogen) atoms. The number of fused-ring (bicyclic) bond motifs is 1. The lowest BCUT2D eigenvalue weighted by Crippen LogP contribution is -2.39. The number of anilines is 1. The molecule has 0 fully saturated rings. The highest BCUT2D eigenvalue weighted by atomic mass is 16.5. The molecule has 0 radical (unpaired) electrons. The topological polar surface area (TPSA) is 79.9 Å². The predicted molar refractivity (Wildman–Crippen MR) is 126 cm³/mol. The molecule has 0 saturated carbocycles. The van der Waals surface area contributed by atoms with Crippen molar-refractivity contribution in [2.75, 3.05) is 39.7 Å². The number of nitrogens with one attached hydrogen (secondary N) is 2. The number of rotatable bonds is 9. The monoisotopic (exact) mass is 435 g/mol. The first kappa shape index (κ1) is 23.1. The largest absolute Gasteiger partial charge is 0.497 e. The van der Waals surface area contributed by atoms with Gasteiger partial charge in [-0.05, 0) is 66.2 Å². The minimum absolute atomic E-state index is 0.110. The van der Waals surface area contributed by atoms with Crippen molar-refractivity contribution in [3.63, 3.8) is 0 Å². The van der Waals surface area contributed by atoms with Gasteiger partial charge in [0.1, 0.15) is 11.5 Å². The molecule has 2 amide bonds. The highest BCUT2D eigenvalue weighted by Crippen LogP contribution is 2.25. The van der Waals surface area contributed by atoms with Crippen LogP contribution in [0, 0.1) is 6.92 Å². The zero-order chi connectivity index (χ0) is 23.1. The molecule has 0 aliphatic carbocycles. The van der Waals surface area contributed by atoms with Crippen molar-refractivity contribution >= 4 is 28.3 Å². The average molecular weight is 436 g/mol. The van der Waals surface area contributed by atoms with Crippen LogP contribution in [-0.2, 0) is 16.1 Å². The van der Waals surface area contributed by atoms with Gasteiger partial charge in [0, 0.05) is 6.54 Å². The SMILES string of the molecule is COc1ccc2cc(CN(C)CC(=O)NCC(=O)Nc3cc(C)ccc3OC)ccc2c1. The summed E-state index contributed by atoms with van der Waals surface area (Å²) in [6, 6.07) is 17.7. The lowest BCUT2D eigenvalue weighted by molar-refractivity contribution is -0.124. The fraction of sp³-hybridized carbons (Fsp3) is 0.280. The first-order chi connectivity index (χ1) is 15.4. The van der Waals surface area contributed by atoms with Crippen LogP contribution in [0.3, 0.4) is 0 Å². The molecule has 0 heterocycles. The van der Waals surface area contributed by atoms with E-state index in [9.17, 15) is 9.59 Å². The number of aryl methyl sites for hydroxylation is 1. The molecule has 0 atom stereocenters. The Hall–Kier alpha value is -3.58. The third-order valence-corrected chi connectivity index (χ3v) is 5.05. The third-order valence-electron chi connectivity index (χ3n) is 5.05. The Bertz CT molecular complexity index is 1110. The van der Waals surface area contributed by atoms with Crippen LogP contribution in [0.25, 0.3) is 10.8 Å². The van der Waals surface area contributed by atoms with Gasteiger partial charge in [0.25, 0.3) is 0 Å². The molecule has 0 bridgehead atoms. The number of carbonyl (C=O) groups excluding carboxylic acids is 2. The fourth-order valence-electron chi connectivity index (χ4n) is 3.46. The maximum Gasteiger partial charge on any atom is 0.243 e. The molecule has 3 aromatic carbocycles. The van der Waals surface area contributed by atoms with E-state index in [1.807, 2.05) is 61.3 Å². The van der Waals surface area contributed by atoms with Gasteiger partial charge in [0.05, 0.1) is 33.0 Å². The van der Waals surface area contributed by atoms with Gasteiger partial charge in [-0.25, -0.2) is 0 Å². The number of amides is 2. The van der Waals surface area contributed by atoms with Gasteiger partial charge < -0.3 is 20.1 Å². The minimum atomic E-state index is -0.310. The Morgan fingerprint density at radius 1 is 0.906 bits per heavy atom. The second kappa shape index (κ2) is 10.6. The number of benzene rings is 3. The van der Waals surface area contributed by atoms with Crippen molar-refractivity contribution in [2.24, 2.45) is 0 Å². The summed E-state index contributed by atoms with van der Waals surface area (Å²) in [6.45, 7) is 2.62. The van der Waals surface area contributed by atoms with Crippen molar-refractivity contribution in [3.05, 3.63) is 65.7 Å². The van der Waals surface area contributed by atoms with Gasteiger partial charge in [-0.1, -0.05) is 24.3 Å². The van der Waals surface area contributed by atoms with Gasteiger partial charge in [-0.2, -0.15) is 0 Å². The Labute approximate surface area is 188 Å². The maximum atomic E-state index is 12.3. The molecule has 0 saturated heterocycles. The lowest BCUT2D eigenvalue weighted by atomic mass is 10.1. The molecule has 7 nitrogen and oxygen atoms in total. The van der Waals surface area contributed by atoms with Crippen LogP contribution in [0.1, 0.15) is 11.1 Å². The van der Waals surface area contributed by atoms with Crippen LogP contribution in [0.5, 0.6) is 11.5 Å². The molecular weight excluding hydrogens is 406 g/mol. The highest BCUT2D eigenvalue weighted by molar-refractivity contribution is 5.96. The number of nitrogens with zero attached hydrogens (tertiary/aromatic N) is 1. The standard InChI is InChI=1S/C25H29N3O4/c1-17-5-10-23(32-4)22(11-17)27-24(29)14-26-25(30)16-28(2)15-18-6-7-20-13-21(31-3)9-8-19(20)12-18/h5-13H,14-16H2,1-4H3,(H,26,30)(H,27,29). The summed E-state index contributed by atoms with van der Waals surface area (Å²) in [5, 5.41) is 7.66. The van der Waals surface area contributed by atoms with E-state index in [0.717, 1.165) is 27.6 Å². The molecule has 0 aliphatic heterocycles. The van der Waals surface area contributed by atoms with Crippen molar-refractivity contribution in [1.29, 1.82) is 0 Å². The molecule has 0 aromatic heterocycles. The van der Waals surface area contributed by atoms with Crippen molar-refractivity contribution in [3.8, 4) is 11.5 Å². The minimum Gasteiger partial charge on any atom is -0.497 e. The number of hydrogen-bond acceptors (Lipinski definition) is 5. The van der Waals surface area contributed by atoms with Crippen LogP contribution in [0.15, 0.2) is 54.6 Å². The van der Waals surface area contributed by atoms with E-state index in [1.54, 1.807) is 20.3 Å². The summed E-state index contributed by atoms with van der Waals surface area (Å²) < 4.78 is 10.5. The van der Waals surface area contributed by atoms with Gasteiger partial charge in [0.2, 0.25) is 11.8 Å². The van der Waals surface area contributed by atoms with Gasteiger partial charge in [-0.15, -0.1) is 0 Å². The third kappa shape index (κ3) is 6.21. The molecule has 0 spiro atoms. The van der Waals surface area contributed by atoms with Crippen LogP contribution in [0.2, 0.25) is 0 Å². The zero-order valence-electron chi connectivity index (χ0n) is 18.9. The van der Waals surface area contributed by atoms with Crippen LogP contribution in [-0.4, -0.2) is 51.1 Å². The number of methoxy groups -OCH3 is 2. The second-order valence-electron chi connectivity index (χ2n) is 7.75. The maximum absolute atomic E-state index is 12.3. The van der Waals surface area contributed by atoms with Crippen LogP contribution >= 0.6 is 0 Å². The molecule has 3 aromatic rings. The first-order valence-electron chi connectivity index (χ1n) is 10.3. The Morgan fingerprint density at radius 2 is 1.66 bits per heavy atom. The Balaban J connectivity index is 1.49. The Kier molecular flexibility index (Phi) is 7.68. The first-order valence-corrected chi connectivity index (χ1v) is 10.3. The van der Waals surface area contributed by atoms with E-state index in [2.05, 4.69) is 16.7 Å². The van der Waals surface area contributed by atoms with E-state index < -0.39 is 0 Å². The van der Waals surface area contributed by atoms with Crippen molar-refractivity contribution < 1.29 is 19.1 Å². The number of carbonyl (C=O) groups is 2. The quantitative estimate of drug-likeness (QED) is 0.539. The van der Waals surface area contributed by atoms with E-state index in [0.29, 0.717) is 18.0 Å². The molecule has 2 N–H and O–H groups in total. The van der Waals surface area contributed by atoms with Gasteiger partial charge in [0.15, 0.2) is 0 Å². The van der Waals surface area contributed by atoms with Gasteiger partial charge >= 0.3 is 0 Å². The molecule has 0 unspecified atom stereocenters. The van der Waals surface area contributed by atoms with Crippen LogP contribution in [0.4, 0.5) is 5.69 Å². The molecule has 3 rings (SSSR count). The number of likely N-dealkylation sites (N-methyl/N-ethyl adjacent to an activating group) is 1. The number of ether oxygens (including phenoxy) is 2. The molecule has 0 aliphatic rings. The highest BCUT2D eigenvalue weighted by Gasteiger charge is 2.12. The number of hydrogen-bond donors (Lipinski definition) is 2.